The molecule has 0 bridgehead atoms. The van der Waals surface area contributed by atoms with Crippen molar-refractivity contribution in [1.29, 1.82) is 0 Å². The smallest absolute Gasteiger partial charge is 0.243 e. The minimum Gasteiger partial charge on any atom is -0.387 e. The third-order valence-electron chi connectivity index (χ3n) is 0.156. The molecular weight excluding hydrogens is 124 g/mol. The molecule has 0 aliphatic carbocycles. The summed E-state index contributed by atoms with van der Waals surface area (Å²) in [6.45, 7) is 0.944. The number of carbonyl (C=O) groups excluding carboxylic acids is 1. The maximum absolute atomic E-state index is 9.34. The molecule has 0 spiro atoms. The number of hydrogen-bond donors (Lipinski definition) is 4. The highest BCUT2D eigenvalue weighted by Gasteiger charge is 1.78. The summed E-state index contributed by atoms with van der Waals surface area (Å²) >= 11 is 0. The molecule has 0 saturated carbocycles. The van der Waals surface area contributed by atoms with E-state index in [-0.39, 0.29) is 0 Å². The molecule has 1 atom stereocenters. The molecule has 1 unspecified atom stereocenters. The molecule has 5 nitrogen and oxygen atoms in total. The van der Waals surface area contributed by atoms with E-state index < -0.39 is 18.7 Å². The summed E-state index contributed by atoms with van der Waals surface area (Å²) in [5.74, 6) is -0.690. The number of aliphatic hydroxyl groups excluding tert-OH is 2. The first-order chi connectivity index (χ1) is 4.00. The Hall–Kier alpha value is -0.650. The van der Waals surface area contributed by atoms with E-state index in [1.807, 2.05) is 0 Å². The van der Waals surface area contributed by atoms with Gasteiger partial charge in [0.1, 0.15) is 6.61 Å². The van der Waals surface area contributed by atoms with Crippen LogP contribution in [0.25, 0.3) is 0 Å². The minimum atomic E-state index is -0.690. The van der Waals surface area contributed by atoms with Gasteiger partial charge < -0.3 is 21.7 Å². The van der Waals surface area contributed by atoms with E-state index in [9.17, 15) is 4.79 Å². The van der Waals surface area contributed by atoms with Crippen LogP contribution < -0.4 is 11.5 Å². The first-order valence-corrected chi connectivity index (χ1v) is 2.33. The monoisotopic (exact) mass is 136 g/mol. The fourth-order valence-electron chi connectivity index (χ4n) is 0. The first-order valence-electron chi connectivity index (χ1n) is 2.33. The number of hydrogen-bond acceptors (Lipinski definition) is 4. The van der Waals surface area contributed by atoms with Crippen LogP contribution in [0.15, 0.2) is 0 Å². The summed E-state index contributed by atoms with van der Waals surface area (Å²) in [6.07, 6.45) is -0.667. The molecule has 0 aliphatic rings. The zero-order valence-electron chi connectivity index (χ0n) is 5.24. The summed E-state index contributed by atoms with van der Waals surface area (Å²) in [4.78, 5) is 9.34. The van der Waals surface area contributed by atoms with Crippen LogP contribution in [0.2, 0.25) is 0 Å². The van der Waals surface area contributed by atoms with E-state index in [0.29, 0.717) is 0 Å². The maximum Gasteiger partial charge on any atom is 0.243 e. The van der Waals surface area contributed by atoms with Gasteiger partial charge in [-0.05, 0) is 6.92 Å². The Kier molecular flexibility index (Phi) is 9.14. The number of carbonyl (C=O) groups is 1. The SMILES string of the molecule is CC(N)O.NC(=O)CO. The van der Waals surface area contributed by atoms with Gasteiger partial charge in [-0.2, -0.15) is 0 Å². The lowest BCUT2D eigenvalue weighted by molar-refractivity contribution is -0.120. The molecule has 0 aromatic carbocycles. The van der Waals surface area contributed by atoms with Crippen LogP contribution >= 0.6 is 0 Å². The summed E-state index contributed by atoms with van der Waals surface area (Å²) in [5, 5.41) is 15.5. The Labute approximate surface area is 53.3 Å². The Bertz CT molecular complexity index is 71.5. The highest BCUT2D eigenvalue weighted by atomic mass is 16.3. The van der Waals surface area contributed by atoms with Gasteiger partial charge in [-0.25, -0.2) is 0 Å². The average molecular weight is 136 g/mol. The predicted molar refractivity (Wildman–Crippen MR) is 32.1 cm³/mol. The van der Waals surface area contributed by atoms with Gasteiger partial charge in [0.05, 0.1) is 6.23 Å². The zero-order valence-corrected chi connectivity index (χ0v) is 5.24. The van der Waals surface area contributed by atoms with Gasteiger partial charge in [0.2, 0.25) is 5.91 Å². The molecule has 0 fully saturated rings. The normalized spacial score (nSPS) is 11.1. The topological polar surface area (TPSA) is 110 Å². The molecule has 0 heterocycles. The van der Waals surface area contributed by atoms with Crippen molar-refractivity contribution in [1.82, 2.24) is 0 Å². The van der Waals surface area contributed by atoms with E-state index in [1.54, 1.807) is 0 Å². The van der Waals surface area contributed by atoms with E-state index >= 15 is 0 Å². The molecule has 0 radical (unpaired) electrons. The van der Waals surface area contributed by atoms with Crippen LogP contribution in [0, 0.1) is 0 Å². The van der Waals surface area contributed by atoms with E-state index in [2.05, 4.69) is 11.5 Å². The van der Waals surface area contributed by atoms with Gasteiger partial charge in [0.15, 0.2) is 0 Å². The van der Waals surface area contributed by atoms with E-state index in [0.717, 1.165) is 0 Å². The average Bonchev–Trinajstić information content (AvgIpc) is 1.65. The van der Waals surface area contributed by atoms with Crippen LogP contribution in [0.3, 0.4) is 0 Å². The van der Waals surface area contributed by atoms with Gasteiger partial charge in [-0.1, -0.05) is 0 Å². The largest absolute Gasteiger partial charge is 0.387 e. The molecule has 6 N–H and O–H groups in total. The molecule has 1 amide bonds. The second-order valence-corrected chi connectivity index (χ2v) is 1.37. The zero-order chi connectivity index (χ0) is 7.86. The number of amides is 1. The van der Waals surface area contributed by atoms with Gasteiger partial charge in [0, 0.05) is 0 Å². The molecule has 9 heavy (non-hydrogen) atoms. The first kappa shape index (κ1) is 11.2. The van der Waals surface area contributed by atoms with Gasteiger partial charge >= 0.3 is 0 Å². The van der Waals surface area contributed by atoms with Crippen molar-refractivity contribution in [2.24, 2.45) is 11.5 Å². The molecule has 56 valence electrons. The fraction of sp³-hybridized carbons (Fsp3) is 0.750. The lowest BCUT2D eigenvalue weighted by Crippen LogP contribution is -2.14. The maximum atomic E-state index is 9.34. The van der Waals surface area contributed by atoms with Gasteiger partial charge in [-0.3, -0.25) is 4.79 Å². The Morgan fingerprint density at radius 3 is 1.89 bits per heavy atom. The lowest BCUT2D eigenvalue weighted by Gasteiger charge is -1.82. The second-order valence-electron chi connectivity index (χ2n) is 1.37. The summed E-state index contributed by atoms with van der Waals surface area (Å²) in [7, 11) is 0. The number of rotatable bonds is 1. The molecule has 0 aromatic heterocycles. The standard InChI is InChI=1S/C2H5NO2.C2H7NO/c3-2(5)1-4;1-2(3)4/h4H,1H2,(H2,3,5);2,4H,3H2,1H3. The second kappa shape index (κ2) is 7.35. The molecule has 0 rings (SSSR count). The van der Waals surface area contributed by atoms with E-state index in [4.69, 9.17) is 10.2 Å². The Morgan fingerprint density at radius 2 is 1.89 bits per heavy atom. The minimum absolute atomic E-state index is 0.556. The predicted octanol–water partition coefficient (Wildman–Crippen LogP) is -2.25. The fourth-order valence-corrected chi connectivity index (χ4v) is 0. The van der Waals surface area contributed by atoms with Crippen molar-refractivity contribution >= 4 is 5.91 Å². The number of primary amides is 1. The molecule has 0 saturated heterocycles. The molecule has 0 aliphatic heterocycles. The van der Waals surface area contributed by atoms with Crippen LogP contribution in [-0.2, 0) is 4.79 Å². The van der Waals surface area contributed by atoms with Crippen molar-refractivity contribution in [3.05, 3.63) is 0 Å². The van der Waals surface area contributed by atoms with Gasteiger partial charge in [-0.15, -0.1) is 0 Å². The van der Waals surface area contributed by atoms with Crippen LogP contribution in [-0.4, -0.2) is 29.0 Å². The van der Waals surface area contributed by atoms with Gasteiger partial charge in [0.25, 0.3) is 0 Å². The van der Waals surface area contributed by atoms with Crippen molar-refractivity contribution in [3.63, 3.8) is 0 Å². The van der Waals surface area contributed by atoms with E-state index in [1.165, 1.54) is 6.92 Å². The van der Waals surface area contributed by atoms with Crippen LogP contribution in [0.4, 0.5) is 0 Å². The third-order valence-corrected chi connectivity index (χ3v) is 0.156. The lowest BCUT2D eigenvalue weighted by atomic mass is 10.7. The number of aliphatic hydroxyl groups is 2. The Balaban J connectivity index is 0. The van der Waals surface area contributed by atoms with Crippen LogP contribution in [0.5, 0.6) is 0 Å². The van der Waals surface area contributed by atoms with Crippen molar-refractivity contribution < 1.29 is 15.0 Å². The molecular formula is C4H12N2O3. The van der Waals surface area contributed by atoms with Crippen molar-refractivity contribution in [2.45, 2.75) is 13.2 Å². The highest BCUT2D eigenvalue weighted by molar-refractivity contribution is 5.74. The summed E-state index contributed by atoms with van der Waals surface area (Å²) in [5.41, 5.74) is 9.07. The van der Waals surface area contributed by atoms with Crippen molar-refractivity contribution in [2.75, 3.05) is 6.61 Å². The number of nitrogens with two attached hydrogens (primary N) is 2. The quantitative estimate of drug-likeness (QED) is 0.305. The Morgan fingerprint density at radius 1 is 1.78 bits per heavy atom. The van der Waals surface area contributed by atoms with Crippen LogP contribution in [0.1, 0.15) is 6.92 Å². The van der Waals surface area contributed by atoms with Crippen molar-refractivity contribution in [3.8, 4) is 0 Å². The molecule has 5 heteroatoms. The summed E-state index contributed by atoms with van der Waals surface area (Å²) in [6, 6.07) is 0. The molecule has 0 aromatic rings. The summed E-state index contributed by atoms with van der Waals surface area (Å²) < 4.78 is 0. The highest BCUT2D eigenvalue weighted by Crippen LogP contribution is 1.50. The third kappa shape index (κ3) is 115.